The molecule has 4 heteroatoms. The highest BCUT2D eigenvalue weighted by Crippen LogP contribution is 2.40. The van der Waals surface area contributed by atoms with Gasteiger partial charge in [-0.1, -0.05) is 146 Å². The van der Waals surface area contributed by atoms with Crippen molar-refractivity contribution in [3.8, 4) is 56.4 Å². The highest BCUT2D eigenvalue weighted by Gasteiger charge is 2.17. The van der Waals surface area contributed by atoms with Gasteiger partial charge in [-0.05, 0) is 74.1 Å². The van der Waals surface area contributed by atoms with Crippen LogP contribution in [0.5, 0.6) is 0 Å². The van der Waals surface area contributed by atoms with E-state index in [1.165, 1.54) is 47.3 Å². The lowest BCUT2D eigenvalue weighted by atomic mass is 9.99. The molecule has 2 heterocycles. The third-order valence-electron chi connectivity index (χ3n) is 9.71. The van der Waals surface area contributed by atoms with Crippen LogP contribution in [0.1, 0.15) is 0 Å². The Bertz CT molecular complexity index is 2920. The maximum absolute atomic E-state index is 5.18. The minimum Gasteiger partial charge on any atom is -0.208 e. The Balaban J connectivity index is 1.12. The summed E-state index contributed by atoms with van der Waals surface area (Å²) in [5, 5.41) is 7.38. The number of fused-ring (bicyclic) bond motifs is 5. The van der Waals surface area contributed by atoms with Crippen molar-refractivity contribution in [2.24, 2.45) is 0 Å². The van der Waals surface area contributed by atoms with Crippen LogP contribution in [0.25, 0.3) is 98.1 Å². The van der Waals surface area contributed by atoms with Gasteiger partial charge in [0, 0.05) is 36.9 Å². The molecule has 0 fully saturated rings. The molecule has 0 aliphatic rings. The monoisotopic (exact) mass is 667 g/mol. The number of hydrogen-bond donors (Lipinski definition) is 0. The fourth-order valence-corrected chi connectivity index (χ4v) is 8.28. The Kier molecular flexibility index (Phi) is 7.00. The average Bonchev–Trinajstić information content (AvgIpc) is 3.59. The van der Waals surface area contributed by atoms with Crippen LogP contribution in [0, 0.1) is 0 Å². The van der Waals surface area contributed by atoms with Gasteiger partial charge in [-0.2, -0.15) is 0 Å². The summed E-state index contributed by atoms with van der Waals surface area (Å²) < 4.78 is 2.43. The van der Waals surface area contributed by atoms with Crippen LogP contribution >= 0.6 is 11.3 Å². The van der Waals surface area contributed by atoms with Gasteiger partial charge in [-0.25, -0.2) is 15.0 Å². The number of aromatic nitrogens is 3. The highest BCUT2D eigenvalue weighted by atomic mass is 32.1. The summed E-state index contributed by atoms with van der Waals surface area (Å²) in [6, 6.07) is 62.3. The van der Waals surface area contributed by atoms with Crippen molar-refractivity contribution in [2.75, 3.05) is 0 Å². The van der Waals surface area contributed by atoms with Crippen molar-refractivity contribution in [3.63, 3.8) is 0 Å². The minimum atomic E-state index is 0.647. The molecule has 3 nitrogen and oxygen atoms in total. The van der Waals surface area contributed by atoms with Crippen molar-refractivity contribution in [1.82, 2.24) is 15.0 Å². The van der Waals surface area contributed by atoms with Gasteiger partial charge in [-0.3, -0.25) is 0 Å². The van der Waals surface area contributed by atoms with Gasteiger partial charge in [0.15, 0.2) is 17.5 Å². The number of rotatable bonds is 5. The molecule has 0 bridgehead atoms. The van der Waals surface area contributed by atoms with E-state index in [0.29, 0.717) is 17.5 Å². The van der Waals surface area contributed by atoms with Crippen LogP contribution in [0.15, 0.2) is 176 Å². The summed E-state index contributed by atoms with van der Waals surface area (Å²) >= 11 is 1.79. The molecule has 0 unspecified atom stereocenters. The van der Waals surface area contributed by atoms with E-state index in [4.69, 9.17) is 15.0 Å². The summed E-state index contributed by atoms with van der Waals surface area (Å²) in [4.78, 5) is 15.5. The smallest absolute Gasteiger partial charge is 0.165 e. The highest BCUT2D eigenvalue weighted by molar-refractivity contribution is 7.26. The van der Waals surface area contributed by atoms with Crippen LogP contribution in [0.3, 0.4) is 0 Å². The maximum atomic E-state index is 5.18. The van der Waals surface area contributed by atoms with Crippen LogP contribution in [0.2, 0.25) is 0 Å². The Labute approximate surface area is 299 Å². The summed E-state index contributed by atoms with van der Waals surface area (Å²) in [6.45, 7) is 0. The summed E-state index contributed by atoms with van der Waals surface area (Å²) in [5.41, 5.74) is 7.51. The maximum Gasteiger partial charge on any atom is 0.165 e. The largest absolute Gasteiger partial charge is 0.208 e. The van der Waals surface area contributed by atoms with E-state index in [9.17, 15) is 0 Å². The molecule has 0 saturated heterocycles. The number of thiophene rings is 1. The molecule has 0 amide bonds. The average molecular weight is 668 g/mol. The van der Waals surface area contributed by atoms with E-state index in [1.807, 2.05) is 0 Å². The lowest BCUT2D eigenvalue weighted by Gasteiger charge is -2.11. The molecule has 238 valence electrons. The first-order chi connectivity index (χ1) is 25.2. The summed E-state index contributed by atoms with van der Waals surface area (Å²) in [6.07, 6.45) is 0. The summed E-state index contributed by atoms with van der Waals surface area (Å²) in [5.74, 6) is 1.96. The molecule has 51 heavy (non-hydrogen) atoms. The van der Waals surface area contributed by atoms with E-state index in [-0.39, 0.29) is 0 Å². The van der Waals surface area contributed by atoms with Gasteiger partial charge in [0.05, 0.1) is 0 Å². The lowest BCUT2D eigenvalue weighted by molar-refractivity contribution is 1.08. The normalized spacial score (nSPS) is 11.5. The second kappa shape index (κ2) is 12.1. The van der Waals surface area contributed by atoms with Gasteiger partial charge in [-0.15, -0.1) is 11.3 Å². The Morgan fingerprint density at radius 1 is 0.314 bits per heavy atom. The van der Waals surface area contributed by atoms with Crippen LogP contribution in [-0.4, -0.2) is 15.0 Å². The molecule has 0 spiro atoms. The standard InChI is InChI=1S/C47H29N3S/c1-3-11-34-27-37(25-21-30(34)9-1)32-19-23-33(24-20-32)45-48-46(39-14-7-13-36(29-39)38-26-22-31-10-2-4-12-35(31)28-38)50-47(49-45)42-17-8-16-41-40-15-5-6-18-43(40)51-44(41)42/h1-29H. The molecule has 0 aliphatic heterocycles. The molecular weight excluding hydrogens is 639 g/mol. The molecule has 10 aromatic rings. The van der Waals surface area contributed by atoms with Crippen LogP contribution in [0.4, 0.5) is 0 Å². The first kappa shape index (κ1) is 29.4. The van der Waals surface area contributed by atoms with E-state index in [2.05, 4.69) is 176 Å². The van der Waals surface area contributed by atoms with Gasteiger partial charge in [0.2, 0.25) is 0 Å². The Morgan fingerprint density at radius 2 is 0.824 bits per heavy atom. The molecular formula is C47H29N3S. The molecule has 0 aliphatic carbocycles. The predicted octanol–water partition coefficient (Wildman–Crippen LogP) is 12.9. The van der Waals surface area contributed by atoms with Crippen molar-refractivity contribution in [2.45, 2.75) is 0 Å². The molecule has 0 N–H and O–H groups in total. The molecule has 0 radical (unpaired) electrons. The number of hydrogen-bond acceptors (Lipinski definition) is 4. The Morgan fingerprint density at radius 3 is 1.57 bits per heavy atom. The fraction of sp³-hybridized carbons (Fsp3) is 0. The molecule has 2 aromatic heterocycles. The number of benzene rings is 8. The van der Waals surface area contributed by atoms with Crippen molar-refractivity contribution in [1.29, 1.82) is 0 Å². The van der Waals surface area contributed by atoms with Crippen LogP contribution in [-0.2, 0) is 0 Å². The van der Waals surface area contributed by atoms with Gasteiger partial charge in [0.1, 0.15) is 0 Å². The first-order valence-corrected chi connectivity index (χ1v) is 17.9. The molecule has 10 rings (SSSR count). The zero-order valence-electron chi connectivity index (χ0n) is 27.5. The van der Waals surface area contributed by atoms with E-state index in [1.54, 1.807) is 11.3 Å². The van der Waals surface area contributed by atoms with Crippen LogP contribution < -0.4 is 0 Å². The molecule has 0 saturated carbocycles. The number of nitrogens with zero attached hydrogens (tertiary/aromatic N) is 3. The second-order valence-electron chi connectivity index (χ2n) is 12.9. The quantitative estimate of drug-likeness (QED) is 0.183. The van der Waals surface area contributed by atoms with Gasteiger partial charge >= 0.3 is 0 Å². The van der Waals surface area contributed by atoms with Gasteiger partial charge < -0.3 is 0 Å². The molecule has 0 atom stereocenters. The summed E-state index contributed by atoms with van der Waals surface area (Å²) in [7, 11) is 0. The van der Waals surface area contributed by atoms with Gasteiger partial charge in [0.25, 0.3) is 0 Å². The topological polar surface area (TPSA) is 38.7 Å². The third-order valence-corrected chi connectivity index (χ3v) is 10.9. The van der Waals surface area contributed by atoms with Crippen molar-refractivity contribution < 1.29 is 0 Å². The lowest BCUT2D eigenvalue weighted by Crippen LogP contribution is -2.00. The van der Waals surface area contributed by atoms with Crippen molar-refractivity contribution >= 4 is 53.1 Å². The van der Waals surface area contributed by atoms with E-state index < -0.39 is 0 Å². The second-order valence-corrected chi connectivity index (χ2v) is 13.9. The zero-order valence-corrected chi connectivity index (χ0v) is 28.3. The van der Waals surface area contributed by atoms with Crippen molar-refractivity contribution in [3.05, 3.63) is 176 Å². The SMILES string of the molecule is c1cc(-c2ccc3ccccc3c2)cc(-c2nc(-c3ccc(-c4ccc5ccccc5c4)cc3)nc(-c3cccc4c3sc3ccccc34)n2)c1. The zero-order chi connectivity index (χ0) is 33.7. The molecule has 8 aromatic carbocycles. The fourth-order valence-electron chi connectivity index (χ4n) is 7.07. The minimum absolute atomic E-state index is 0.647. The first-order valence-electron chi connectivity index (χ1n) is 17.1. The predicted molar refractivity (Wildman–Crippen MR) is 215 cm³/mol. The Hall–Kier alpha value is -6.49. The third kappa shape index (κ3) is 5.34. The van der Waals surface area contributed by atoms with E-state index >= 15 is 0 Å². The van der Waals surface area contributed by atoms with E-state index in [0.717, 1.165) is 33.4 Å².